The van der Waals surface area contributed by atoms with Crippen molar-refractivity contribution in [2.24, 2.45) is 0 Å². The number of rotatable bonds is 3. The number of hydrogen-bond donors (Lipinski definition) is 0. The van der Waals surface area contributed by atoms with Crippen molar-refractivity contribution in [1.29, 1.82) is 0 Å². The highest BCUT2D eigenvalue weighted by molar-refractivity contribution is 6.30. The summed E-state index contributed by atoms with van der Waals surface area (Å²) in [6.07, 6.45) is 0. The fourth-order valence-corrected chi connectivity index (χ4v) is 1.21. The van der Waals surface area contributed by atoms with Crippen LogP contribution < -0.4 is 4.74 Å². The summed E-state index contributed by atoms with van der Waals surface area (Å²) < 4.78 is 10.1. The molecule has 0 heterocycles. The Bertz CT molecular complexity index is 343. The Hall–Kier alpha value is -1.22. The fourth-order valence-electron chi connectivity index (χ4n) is 1.08. The summed E-state index contributed by atoms with van der Waals surface area (Å²) in [5, 5.41) is 0.623. The molecule has 82 valence electrons. The lowest BCUT2D eigenvalue weighted by Gasteiger charge is -2.23. The lowest BCUT2D eigenvalue weighted by molar-refractivity contribution is -0.156. The molecule has 0 aliphatic carbocycles. The Morgan fingerprint density at radius 2 is 1.80 bits per heavy atom. The molecule has 3 nitrogen and oxygen atoms in total. The highest BCUT2D eigenvalue weighted by Crippen LogP contribution is 2.21. The van der Waals surface area contributed by atoms with Crippen LogP contribution in [0, 0.1) is 0 Å². The predicted octanol–water partition coefficient (Wildman–Crippen LogP) is 2.67. The summed E-state index contributed by atoms with van der Waals surface area (Å²) in [5.74, 6) is 0.159. The quantitative estimate of drug-likeness (QED) is 0.747. The number of benzene rings is 1. The molecule has 0 aliphatic rings. The van der Waals surface area contributed by atoms with Crippen molar-refractivity contribution >= 4 is 17.6 Å². The maximum atomic E-state index is 11.3. The summed E-state index contributed by atoms with van der Waals surface area (Å²) in [5.41, 5.74) is -0.997. The molecule has 0 fully saturated rings. The Labute approximate surface area is 93.9 Å². The van der Waals surface area contributed by atoms with Crippen LogP contribution in [0.15, 0.2) is 24.3 Å². The average Bonchev–Trinajstić information content (AvgIpc) is 2.20. The van der Waals surface area contributed by atoms with Crippen molar-refractivity contribution in [3.63, 3.8) is 0 Å². The molecular formula is C11H13ClO3. The van der Waals surface area contributed by atoms with E-state index in [1.165, 1.54) is 7.11 Å². The molecule has 1 aromatic carbocycles. The second-order valence-electron chi connectivity index (χ2n) is 3.56. The zero-order valence-corrected chi connectivity index (χ0v) is 9.67. The molecular weight excluding hydrogens is 216 g/mol. The van der Waals surface area contributed by atoms with Gasteiger partial charge in [0.2, 0.25) is 0 Å². The van der Waals surface area contributed by atoms with Gasteiger partial charge in [-0.2, -0.15) is 0 Å². The Kier molecular flexibility index (Phi) is 3.58. The van der Waals surface area contributed by atoms with Gasteiger partial charge in [-0.25, -0.2) is 4.79 Å². The van der Waals surface area contributed by atoms with E-state index in [2.05, 4.69) is 4.74 Å². The lowest BCUT2D eigenvalue weighted by Crippen LogP contribution is -2.39. The molecule has 1 aromatic rings. The molecule has 0 saturated carbocycles. The second-order valence-corrected chi connectivity index (χ2v) is 3.99. The summed E-state index contributed by atoms with van der Waals surface area (Å²) in [6, 6.07) is 6.80. The third-order valence-corrected chi connectivity index (χ3v) is 2.12. The van der Waals surface area contributed by atoms with Crippen LogP contribution >= 0.6 is 11.6 Å². The first-order chi connectivity index (χ1) is 6.95. The van der Waals surface area contributed by atoms with E-state index >= 15 is 0 Å². The number of methoxy groups -OCH3 is 1. The summed E-state index contributed by atoms with van der Waals surface area (Å²) in [6.45, 7) is 3.29. The Morgan fingerprint density at radius 3 is 2.27 bits per heavy atom. The first-order valence-corrected chi connectivity index (χ1v) is 4.86. The minimum absolute atomic E-state index is 0.419. The van der Waals surface area contributed by atoms with E-state index in [9.17, 15) is 4.79 Å². The van der Waals surface area contributed by atoms with E-state index in [1.54, 1.807) is 38.1 Å². The van der Waals surface area contributed by atoms with Gasteiger partial charge in [0.25, 0.3) is 0 Å². The van der Waals surface area contributed by atoms with Crippen molar-refractivity contribution in [1.82, 2.24) is 0 Å². The molecule has 0 bridgehead atoms. The number of carbonyl (C=O) groups excluding carboxylic acids is 1. The van der Waals surface area contributed by atoms with Crippen molar-refractivity contribution in [2.45, 2.75) is 19.4 Å². The van der Waals surface area contributed by atoms with E-state index in [4.69, 9.17) is 16.3 Å². The van der Waals surface area contributed by atoms with Crippen LogP contribution in [0.5, 0.6) is 5.75 Å². The van der Waals surface area contributed by atoms with Crippen LogP contribution in [-0.4, -0.2) is 18.7 Å². The normalized spacial score (nSPS) is 10.9. The topological polar surface area (TPSA) is 35.5 Å². The van der Waals surface area contributed by atoms with Gasteiger partial charge in [-0.05, 0) is 38.1 Å². The minimum Gasteiger partial charge on any atom is -0.476 e. The van der Waals surface area contributed by atoms with Gasteiger partial charge in [0.15, 0.2) is 5.60 Å². The molecule has 4 heteroatoms. The van der Waals surface area contributed by atoms with Crippen LogP contribution in [0.4, 0.5) is 0 Å². The largest absolute Gasteiger partial charge is 0.476 e. The number of ether oxygens (including phenoxy) is 2. The smallest absolute Gasteiger partial charge is 0.349 e. The second kappa shape index (κ2) is 4.53. The summed E-state index contributed by atoms with van der Waals surface area (Å²) in [7, 11) is 1.33. The fraction of sp³-hybridized carbons (Fsp3) is 0.364. The third-order valence-electron chi connectivity index (χ3n) is 1.86. The van der Waals surface area contributed by atoms with E-state index in [0.717, 1.165) is 0 Å². The summed E-state index contributed by atoms with van der Waals surface area (Å²) in [4.78, 5) is 11.3. The zero-order chi connectivity index (χ0) is 11.5. The number of hydrogen-bond acceptors (Lipinski definition) is 3. The van der Waals surface area contributed by atoms with Gasteiger partial charge in [0.1, 0.15) is 5.75 Å². The first kappa shape index (κ1) is 11.9. The van der Waals surface area contributed by atoms with Crippen LogP contribution in [0.2, 0.25) is 5.02 Å². The highest BCUT2D eigenvalue weighted by atomic mass is 35.5. The number of carbonyl (C=O) groups is 1. The highest BCUT2D eigenvalue weighted by Gasteiger charge is 2.30. The van der Waals surface area contributed by atoms with Crippen LogP contribution in [0.3, 0.4) is 0 Å². The molecule has 0 saturated heterocycles. The van der Waals surface area contributed by atoms with Gasteiger partial charge in [-0.3, -0.25) is 0 Å². The SMILES string of the molecule is COC(=O)C(C)(C)Oc1ccc(Cl)cc1. The number of esters is 1. The van der Waals surface area contributed by atoms with Gasteiger partial charge in [0, 0.05) is 5.02 Å². The van der Waals surface area contributed by atoms with Gasteiger partial charge < -0.3 is 9.47 Å². The molecule has 15 heavy (non-hydrogen) atoms. The van der Waals surface area contributed by atoms with Gasteiger partial charge in [-0.15, -0.1) is 0 Å². The van der Waals surface area contributed by atoms with Crippen LogP contribution in [0.25, 0.3) is 0 Å². The van der Waals surface area contributed by atoms with E-state index < -0.39 is 11.6 Å². The van der Waals surface area contributed by atoms with Crippen molar-refractivity contribution < 1.29 is 14.3 Å². The monoisotopic (exact) mass is 228 g/mol. The van der Waals surface area contributed by atoms with Crippen LogP contribution in [0.1, 0.15) is 13.8 Å². The van der Waals surface area contributed by atoms with Crippen LogP contribution in [-0.2, 0) is 9.53 Å². The molecule has 0 unspecified atom stereocenters. The molecule has 0 aliphatic heterocycles. The lowest BCUT2D eigenvalue weighted by atomic mass is 10.1. The molecule has 0 spiro atoms. The maximum Gasteiger partial charge on any atom is 0.349 e. The van der Waals surface area contributed by atoms with Gasteiger partial charge >= 0.3 is 5.97 Å². The van der Waals surface area contributed by atoms with Crippen molar-refractivity contribution in [3.8, 4) is 5.75 Å². The molecule has 0 amide bonds. The third kappa shape index (κ3) is 3.13. The zero-order valence-electron chi connectivity index (χ0n) is 8.91. The Balaban J connectivity index is 2.77. The first-order valence-electron chi connectivity index (χ1n) is 4.49. The molecule has 0 N–H and O–H groups in total. The molecule has 1 rings (SSSR count). The molecule has 0 aromatic heterocycles. The van der Waals surface area contributed by atoms with E-state index in [1.807, 2.05) is 0 Å². The van der Waals surface area contributed by atoms with Crippen molar-refractivity contribution in [3.05, 3.63) is 29.3 Å². The minimum atomic E-state index is -0.997. The predicted molar refractivity (Wildman–Crippen MR) is 58.2 cm³/mol. The summed E-state index contributed by atoms with van der Waals surface area (Å²) >= 11 is 5.73. The van der Waals surface area contributed by atoms with Gasteiger partial charge in [-0.1, -0.05) is 11.6 Å². The van der Waals surface area contributed by atoms with E-state index in [-0.39, 0.29) is 0 Å². The number of halogens is 1. The Morgan fingerprint density at radius 1 is 1.27 bits per heavy atom. The standard InChI is InChI=1S/C11H13ClO3/c1-11(2,10(13)14-3)15-9-6-4-8(12)5-7-9/h4-7H,1-3H3. The average molecular weight is 229 g/mol. The van der Waals surface area contributed by atoms with Crippen molar-refractivity contribution in [2.75, 3.05) is 7.11 Å². The van der Waals surface area contributed by atoms with Gasteiger partial charge in [0.05, 0.1) is 7.11 Å². The molecule has 0 atom stereocenters. The molecule has 0 radical (unpaired) electrons. The van der Waals surface area contributed by atoms with E-state index in [0.29, 0.717) is 10.8 Å². The maximum absolute atomic E-state index is 11.3.